The third-order valence-corrected chi connectivity index (χ3v) is 1.83. The fourth-order valence-corrected chi connectivity index (χ4v) is 1.19. The number of aryl methyl sites for hydroxylation is 2. The number of alkyl halides is 1. The first-order chi connectivity index (χ1) is 6.07. The van der Waals surface area contributed by atoms with Gasteiger partial charge in [0.05, 0.1) is 11.9 Å². The number of carbonyl (C=O) groups is 1. The average molecular weight is 186 g/mol. The van der Waals surface area contributed by atoms with Crippen LogP contribution in [0.15, 0.2) is 6.20 Å². The lowest BCUT2D eigenvalue weighted by Gasteiger charge is -2.06. The SMILES string of the molecule is CCn1ncc(C)c1C(F)C(=O)O. The van der Waals surface area contributed by atoms with E-state index in [1.54, 1.807) is 13.8 Å². The molecule has 1 rings (SSSR count). The summed E-state index contributed by atoms with van der Waals surface area (Å²) in [7, 11) is 0. The van der Waals surface area contributed by atoms with Gasteiger partial charge in [0, 0.05) is 6.54 Å². The molecule has 4 nitrogen and oxygen atoms in total. The highest BCUT2D eigenvalue weighted by Crippen LogP contribution is 2.20. The number of halogens is 1. The van der Waals surface area contributed by atoms with Crippen LogP contribution in [-0.4, -0.2) is 20.9 Å². The number of hydrogen-bond acceptors (Lipinski definition) is 2. The molecule has 13 heavy (non-hydrogen) atoms. The van der Waals surface area contributed by atoms with E-state index < -0.39 is 12.1 Å². The van der Waals surface area contributed by atoms with Crippen LogP contribution in [0.5, 0.6) is 0 Å². The molecular weight excluding hydrogens is 175 g/mol. The maximum Gasteiger partial charge on any atom is 0.344 e. The van der Waals surface area contributed by atoms with Crippen LogP contribution in [0, 0.1) is 6.92 Å². The van der Waals surface area contributed by atoms with Crippen LogP contribution < -0.4 is 0 Å². The zero-order valence-corrected chi connectivity index (χ0v) is 7.49. The quantitative estimate of drug-likeness (QED) is 0.774. The van der Waals surface area contributed by atoms with Gasteiger partial charge in [-0.05, 0) is 19.4 Å². The van der Waals surface area contributed by atoms with Gasteiger partial charge in [0.2, 0.25) is 6.17 Å². The standard InChI is InChI=1S/C8H11FN2O2/c1-3-11-7(5(2)4-10-11)6(9)8(12)13/h4,6H,3H2,1-2H3,(H,12,13). The van der Waals surface area contributed by atoms with Gasteiger partial charge in [0.1, 0.15) is 0 Å². The third kappa shape index (κ3) is 1.68. The number of hydrogen-bond donors (Lipinski definition) is 1. The first-order valence-electron chi connectivity index (χ1n) is 3.97. The Balaban J connectivity index is 3.10. The highest BCUT2D eigenvalue weighted by atomic mass is 19.1. The van der Waals surface area contributed by atoms with E-state index in [0.717, 1.165) is 0 Å². The minimum Gasteiger partial charge on any atom is -0.479 e. The number of aromatic nitrogens is 2. The van der Waals surface area contributed by atoms with Crippen LogP contribution in [0.25, 0.3) is 0 Å². The topological polar surface area (TPSA) is 55.1 Å². The van der Waals surface area contributed by atoms with E-state index >= 15 is 0 Å². The summed E-state index contributed by atoms with van der Waals surface area (Å²) in [6.45, 7) is 3.89. The molecule has 0 aliphatic rings. The van der Waals surface area contributed by atoms with Crippen molar-refractivity contribution < 1.29 is 14.3 Å². The second-order valence-electron chi connectivity index (χ2n) is 2.73. The Kier molecular flexibility index (Phi) is 2.65. The summed E-state index contributed by atoms with van der Waals surface area (Å²) in [6, 6.07) is 0. The Hall–Kier alpha value is -1.39. The Morgan fingerprint density at radius 1 is 1.85 bits per heavy atom. The van der Waals surface area contributed by atoms with Gasteiger partial charge in [0.25, 0.3) is 0 Å². The largest absolute Gasteiger partial charge is 0.479 e. The van der Waals surface area contributed by atoms with Crippen molar-refractivity contribution in [1.29, 1.82) is 0 Å². The zero-order valence-electron chi connectivity index (χ0n) is 7.49. The van der Waals surface area contributed by atoms with Gasteiger partial charge < -0.3 is 5.11 Å². The molecule has 0 saturated carbocycles. The molecule has 0 aromatic carbocycles. The Morgan fingerprint density at radius 2 is 2.46 bits per heavy atom. The van der Waals surface area contributed by atoms with Crippen LogP contribution in [-0.2, 0) is 11.3 Å². The predicted molar refractivity (Wildman–Crippen MR) is 44.1 cm³/mol. The van der Waals surface area contributed by atoms with E-state index in [1.165, 1.54) is 10.9 Å². The molecule has 0 spiro atoms. The smallest absolute Gasteiger partial charge is 0.344 e. The summed E-state index contributed by atoms with van der Waals surface area (Å²) in [5.74, 6) is -1.47. The molecule has 0 fully saturated rings. The molecular formula is C8H11FN2O2. The molecule has 0 radical (unpaired) electrons. The van der Waals surface area contributed by atoms with Crippen molar-refractivity contribution >= 4 is 5.97 Å². The lowest BCUT2D eigenvalue weighted by molar-refractivity contribution is -0.143. The molecule has 5 heteroatoms. The van der Waals surface area contributed by atoms with Crippen LogP contribution in [0.2, 0.25) is 0 Å². The molecule has 0 bridgehead atoms. The zero-order chi connectivity index (χ0) is 10.0. The monoisotopic (exact) mass is 186 g/mol. The van der Waals surface area contributed by atoms with Gasteiger partial charge in [-0.1, -0.05) is 0 Å². The van der Waals surface area contributed by atoms with Gasteiger partial charge in [-0.2, -0.15) is 5.10 Å². The molecule has 0 aliphatic carbocycles. The Bertz CT molecular complexity index is 322. The number of carboxylic acids is 1. The van der Waals surface area contributed by atoms with Crippen molar-refractivity contribution in [2.24, 2.45) is 0 Å². The van der Waals surface area contributed by atoms with E-state index in [9.17, 15) is 9.18 Å². The van der Waals surface area contributed by atoms with E-state index in [0.29, 0.717) is 12.1 Å². The molecule has 1 unspecified atom stereocenters. The molecule has 1 heterocycles. The summed E-state index contributed by atoms with van der Waals surface area (Å²) in [5.41, 5.74) is 0.701. The maximum absolute atomic E-state index is 13.1. The van der Waals surface area contributed by atoms with Crippen molar-refractivity contribution in [3.8, 4) is 0 Å². The summed E-state index contributed by atoms with van der Waals surface area (Å²) in [4.78, 5) is 10.4. The van der Waals surface area contributed by atoms with E-state index in [-0.39, 0.29) is 5.69 Å². The maximum atomic E-state index is 13.1. The van der Waals surface area contributed by atoms with Crippen LogP contribution in [0.1, 0.15) is 24.4 Å². The molecule has 1 atom stereocenters. The molecule has 1 N–H and O–H groups in total. The van der Waals surface area contributed by atoms with E-state index in [4.69, 9.17) is 5.11 Å². The second kappa shape index (κ2) is 3.55. The fourth-order valence-electron chi connectivity index (χ4n) is 1.19. The van der Waals surface area contributed by atoms with Crippen molar-refractivity contribution in [2.45, 2.75) is 26.6 Å². The summed E-state index contributed by atoms with van der Waals surface area (Å²) < 4.78 is 14.5. The van der Waals surface area contributed by atoms with E-state index in [2.05, 4.69) is 5.10 Å². The first kappa shape index (κ1) is 9.70. The highest BCUT2D eigenvalue weighted by Gasteiger charge is 2.24. The van der Waals surface area contributed by atoms with Gasteiger partial charge >= 0.3 is 5.97 Å². The second-order valence-corrected chi connectivity index (χ2v) is 2.73. The lowest BCUT2D eigenvalue weighted by Crippen LogP contribution is -2.13. The fraction of sp³-hybridized carbons (Fsp3) is 0.500. The molecule has 1 aromatic heterocycles. The predicted octanol–water partition coefficient (Wildman–Crippen LogP) is 1.31. The summed E-state index contributed by atoms with van der Waals surface area (Å²) in [5, 5.41) is 12.3. The Labute approximate surface area is 75.0 Å². The molecule has 0 amide bonds. The van der Waals surface area contributed by atoms with Crippen molar-refractivity contribution in [3.63, 3.8) is 0 Å². The van der Waals surface area contributed by atoms with Gasteiger partial charge in [0.15, 0.2) is 0 Å². The number of aliphatic carboxylic acids is 1. The van der Waals surface area contributed by atoms with Gasteiger partial charge in [-0.15, -0.1) is 0 Å². The highest BCUT2D eigenvalue weighted by molar-refractivity contribution is 5.74. The number of carboxylic acid groups (broad SMARTS) is 1. The lowest BCUT2D eigenvalue weighted by atomic mass is 10.2. The average Bonchev–Trinajstić information content (AvgIpc) is 2.45. The van der Waals surface area contributed by atoms with Crippen molar-refractivity contribution in [1.82, 2.24) is 9.78 Å². The normalized spacial score (nSPS) is 12.8. The van der Waals surface area contributed by atoms with Gasteiger partial charge in [-0.25, -0.2) is 9.18 Å². The molecule has 1 aromatic rings. The summed E-state index contributed by atoms with van der Waals surface area (Å²) in [6.07, 6.45) is -0.517. The van der Waals surface area contributed by atoms with Gasteiger partial charge in [-0.3, -0.25) is 4.68 Å². The van der Waals surface area contributed by atoms with Crippen LogP contribution >= 0.6 is 0 Å². The summed E-state index contributed by atoms with van der Waals surface area (Å²) >= 11 is 0. The number of rotatable bonds is 3. The molecule has 72 valence electrons. The first-order valence-corrected chi connectivity index (χ1v) is 3.97. The van der Waals surface area contributed by atoms with E-state index in [1.807, 2.05) is 0 Å². The minimum absolute atomic E-state index is 0.134. The Morgan fingerprint density at radius 3 is 2.92 bits per heavy atom. The third-order valence-electron chi connectivity index (χ3n) is 1.83. The van der Waals surface area contributed by atoms with Crippen molar-refractivity contribution in [2.75, 3.05) is 0 Å². The number of nitrogens with zero attached hydrogens (tertiary/aromatic N) is 2. The minimum atomic E-state index is -1.98. The van der Waals surface area contributed by atoms with Crippen molar-refractivity contribution in [3.05, 3.63) is 17.5 Å². The molecule has 0 saturated heterocycles. The molecule has 0 aliphatic heterocycles. The van der Waals surface area contributed by atoms with Crippen LogP contribution in [0.3, 0.4) is 0 Å². The van der Waals surface area contributed by atoms with Crippen LogP contribution in [0.4, 0.5) is 4.39 Å².